The van der Waals surface area contributed by atoms with Gasteiger partial charge in [-0.15, -0.1) is 0 Å². The Bertz CT molecular complexity index is 1050. The van der Waals surface area contributed by atoms with Crippen LogP contribution in [0.5, 0.6) is 5.75 Å². The third-order valence-corrected chi connectivity index (χ3v) is 6.43. The van der Waals surface area contributed by atoms with Gasteiger partial charge in [-0.3, -0.25) is 4.98 Å². The van der Waals surface area contributed by atoms with Crippen LogP contribution in [0.4, 0.5) is 16.3 Å². The third-order valence-electron chi connectivity index (χ3n) is 6.43. The fourth-order valence-corrected chi connectivity index (χ4v) is 4.86. The van der Waals surface area contributed by atoms with E-state index in [1.807, 2.05) is 17.2 Å². The number of amides is 2. The second-order valence-corrected chi connectivity index (χ2v) is 8.14. The zero-order valence-corrected chi connectivity index (χ0v) is 17.1. The molecule has 1 aliphatic heterocycles. The highest BCUT2D eigenvalue weighted by atomic mass is 16.5. The molecular weight excluding hydrogens is 382 g/mol. The van der Waals surface area contributed by atoms with Crippen molar-refractivity contribution >= 4 is 28.6 Å². The average molecular weight is 407 g/mol. The van der Waals surface area contributed by atoms with Crippen LogP contribution in [0.25, 0.3) is 11.0 Å². The van der Waals surface area contributed by atoms with E-state index in [9.17, 15) is 4.79 Å². The number of H-pyrrole nitrogens is 1. The van der Waals surface area contributed by atoms with Crippen LogP contribution < -0.4 is 15.0 Å². The van der Waals surface area contributed by atoms with Gasteiger partial charge in [0.15, 0.2) is 0 Å². The molecule has 0 spiro atoms. The first kappa shape index (κ1) is 18.7. The molecule has 3 aromatic rings. The number of methoxy groups -OCH3 is 1. The number of rotatable bonds is 4. The van der Waals surface area contributed by atoms with E-state index >= 15 is 0 Å². The number of ether oxygens (including phenoxy) is 1. The number of carbonyl (C=O) groups excluding carboxylic acids is 1. The highest BCUT2D eigenvalue weighted by Crippen LogP contribution is 2.41. The highest BCUT2D eigenvalue weighted by Gasteiger charge is 2.44. The summed E-state index contributed by atoms with van der Waals surface area (Å²) < 4.78 is 5.17. The predicted octanol–water partition coefficient (Wildman–Crippen LogP) is 2.74. The second kappa shape index (κ2) is 7.47. The summed E-state index contributed by atoms with van der Waals surface area (Å²) in [6, 6.07) is 4.14. The van der Waals surface area contributed by atoms with Crippen molar-refractivity contribution in [2.45, 2.75) is 18.9 Å². The number of pyridine rings is 1. The molecule has 30 heavy (non-hydrogen) atoms. The fraction of sp³-hybridized carbons (Fsp3) is 0.429. The van der Waals surface area contributed by atoms with Crippen molar-refractivity contribution in [1.29, 1.82) is 0 Å². The average Bonchev–Trinajstić information content (AvgIpc) is 3.47. The Labute approximate surface area is 174 Å². The molecule has 4 heterocycles. The number of likely N-dealkylation sites (tertiary alicyclic amines) is 1. The van der Waals surface area contributed by atoms with Gasteiger partial charge in [-0.1, -0.05) is 0 Å². The summed E-state index contributed by atoms with van der Waals surface area (Å²) in [5.74, 6) is 2.61. The summed E-state index contributed by atoms with van der Waals surface area (Å²) in [7, 11) is 3.70. The van der Waals surface area contributed by atoms with Gasteiger partial charge in [0.2, 0.25) is 0 Å². The smallest absolute Gasteiger partial charge is 0.321 e. The lowest BCUT2D eigenvalue weighted by molar-refractivity contribution is 0.218. The third kappa shape index (κ3) is 3.30. The number of fused-ring (bicyclic) bond motifs is 2. The summed E-state index contributed by atoms with van der Waals surface area (Å²) in [5.41, 5.74) is 1.51. The van der Waals surface area contributed by atoms with E-state index in [4.69, 9.17) is 4.74 Å². The quantitative estimate of drug-likeness (QED) is 0.690. The summed E-state index contributed by atoms with van der Waals surface area (Å²) in [6.07, 6.45) is 8.87. The number of urea groups is 1. The molecule has 1 aliphatic carbocycles. The molecule has 5 rings (SSSR count). The molecule has 1 saturated heterocycles. The van der Waals surface area contributed by atoms with Crippen LogP contribution in [0.15, 0.2) is 37.1 Å². The molecule has 0 bridgehead atoms. The largest absolute Gasteiger partial charge is 0.495 e. The van der Waals surface area contributed by atoms with E-state index < -0.39 is 0 Å². The molecule has 3 aromatic heterocycles. The summed E-state index contributed by atoms with van der Waals surface area (Å²) in [4.78, 5) is 33.0. The number of aromatic amines is 1. The maximum atomic E-state index is 12.7. The number of aromatic nitrogens is 4. The van der Waals surface area contributed by atoms with Crippen molar-refractivity contribution < 1.29 is 9.53 Å². The van der Waals surface area contributed by atoms with Crippen LogP contribution in [0.3, 0.4) is 0 Å². The Balaban J connectivity index is 1.22. The second-order valence-electron chi connectivity index (χ2n) is 8.14. The Morgan fingerprint density at radius 3 is 2.83 bits per heavy atom. The van der Waals surface area contributed by atoms with E-state index in [0.717, 1.165) is 42.8 Å². The minimum Gasteiger partial charge on any atom is -0.495 e. The molecule has 0 radical (unpaired) electrons. The van der Waals surface area contributed by atoms with Crippen molar-refractivity contribution in [3.05, 3.63) is 37.1 Å². The zero-order chi connectivity index (χ0) is 20.7. The molecule has 2 N–H and O–H groups in total. The Morgan fingerprint density at radius 1 is 1.27 bits per heavy atom. The van der Waals surface area contributed by atoms with E-state index in [1.54, 1.807) is 31.9 Å². The fourth-order valence-electron chi connectivity index (χ4n) is 4.86. The lowest BCUT2D eigenvalue weighted by Crippen LogP contribution is -2.36. The summed E-state index contributed by atoms with van der Waals surface area (Å²) >= 11 is 0. The number of carbonyl (C=O) groups is 1. The first-order valence-corrected chi connectivity index (χ1v) is 10.2. The Kier molecular flexibility index (Phi) is 4.65. The zero-order valence-electron chi connectivity index (χ0n) is 17.1. The number of nitrogens with one attached hydrogen (secondary N) is 2. The van der Waals surface area contributed by atoms with E-state index in [2.05, 4.69) is 37.2 Å². The van der Waals surface area contributed by atoms with Crippen LogP contribution in [0, 0.1) is 11.8 Å². The van der Waals surface area contributed by atoms with Crippen LogP contribution in [-0.4, -0.2) is 64.2 Å². The molecule has 2 fully saturated rings. The number of hydrogen-bond acceptors (Lipinski definition) is 6. The minimum atomic E-state index is -0.0748. The molecule has 2 amide bonds. The molecule has 1 saturated carbocycles. The number of anilines is 2. The van der Waals surface area contributed by atoms with Crippen molar-refractivity contribution in [1.82, 2.24) is 24.8 Å². The van der Waals surface area contributed by atoms with E-state index in [-0.39, 0.29) is 6.03 Å². The van der Waals surface area contributed by atoms with Gasteiger partial charge in [-0.2, -0.15) is 0 Å². The van der Waals surface area contributed by atoms with Crippen LogP contribution >= 0.6 is 0 Å². The van der Waals surface area contributed by atoms with Gasteiger partial charge in [0.25, 0.3) is 0 Å². The van der Waals surface area contributed by atoms with Crippen molar-refractivity contribution in [3.8, 4) is 5.75 Å². The number of hydrogen-bond donors (Lipinski definition) is 2. The monoisotopic (exact) mass is 407 g/mol. The molecule has 3 atom stereocenters. The Morgan fingerprint density at radius 2 is 2.07 bits per heavy atom. The summed E-state index contributed by atoms with van der Waals surface area (Å²) in [5, 5.41) is 3.98. The highest BCUT2D eigenvalue weighted by molar-refractivity contribution is 5.89. The van der Waals surface area contributed by atoms with Gasteiger partial charge in [-0.25, -0.2) is 14.8 Å². The lowest BCUT2D eigenvalue weighted by atomic mass is 10.0. The van der Waals surface area contributed by atoms with Crippen molar-refractivity contribution in [2.75, 3.05) is 37.5 Å². The SMILES string of the molecule is COc1cncc(NC(=O)N2C[C@H]3CC(N(C)c4ncnc5[nH]ccc45)C[C@H]3C2)c1. The number of nitrogens with zero attached hydrogens (tertiary/aromatic N) is 5. The van der Waals surface area contributed by atoms with Gasteiger partial charge in [0.05, 0.1) is 30.6 Å². The first-order chi connectivity index (χ1) is 14.6. The standard InChI is InChI=1S/C21H25N7O2/c1-27(20-18-3-4-23-19(18)24-12-25-20)16-5-13-10-28(11-14(13)6-16)21(29)26-15-7-17(30-2)9-22-8-15/h3-4,7-9,12-14,16H,5-6,10-11H2,1-2H3,(H,26,29)(H,23,24,25)/t13-,14+,16?. The van der Waals surface area contributed by atoms with Gasteiger partial charge in [0, 0.05) is 38.4 Å². The molecular formula is C21H25N7O2. The topological polar surface area (TPSA) is 99.3 Å². The predicted molar refractivity (Wildman–Crippen MR) is 114 cm³/mol. The van der Waals surface area contributed by atoms with Gasteiger partial charge in [-0.05, 0) is 30.7 Å². The molecule has 9 nitrogen and oxygen atoms in total. The van der Waals surface area contributed by atoms with Crippen molar-refractivity contribution in [3.63, 3.8) is 0 Å². The molecule has 2 aliphatic rings. The van der Waals surface area contributed by atoms with Gasteiger partial charge >= 0.3 is 6.03 Å². The molecule has 0 aromatic carbocycles. The van der Waals surface area contributed by atoms with Crippen LogP contribution in [0.2, 0.25) is 0 Å². The molecule has 156 valence electrons. The van der Waals surface area contributed by atoms with Crippen molar-refractivity contribution in [2.24, 2.45) is 11.8 Å². The Hall–Kier alpha value is -3.36. The van der Waals surface area contributed by atoms with Gasteiger partial charge < -0.3 is 24.8 Å². The van der Waals surface area contributed by atoms with E-state index in [0.29, 0.717) is 29.3 Å². The maximum Gasteiger partial charge on any atom is 0.321 e. The van der Waals surface area contributed by atoms with E-state index in [1.165, 1.54) is 0 Å². The van der Waals surface area contributed by atoms with Crippen LogP contribution in [-0.2, 0) is 0 Å². The summed E-state index contributed by atoms with van der Waals surface area (Å²) in [6.45, 7) is 1.56. The normalized spacial score (nSPS) is 22.9. The molecule has 9 heteroatoms. The minimum absolute atomic E-state index is 0.0748. The van der Waals surface area contributed by atoms with Crippen LogP contribution in [0.1, 0.15) is 12.8 Å². The molecule has 1 unspecified atom stereocenters. The van der Waals surface area contributed by atoms with Gasteiger partial charge in [0.1, 0.15) is 23.5 Å². The maximum absolute atomic E-state index is 12.7. The first-order valence-electron chi connectivity index (χ1n) is 10.2. The lowest BCUT2D eigenvalue weighted by Gasteiger charge is -2.28.